The SMILES string of the molecule is CCc1nc2c(N3CCC([C@@H](O)CCc4ccccc4)CC3)ncnc2o1. The average molecular weight is 366 g/mol. The monoisotopic (exact) mass is 366 g/mol. The number of aromatic nitrogens is 3. The van der Waals surface area contributed by atoms with Gasteiger partial charge in [-0.05, 0) is 37.2 Å². The number of piperidine rings is 1. The van der Waals surface area contributed by atoms with Gasteiger partial charge in [0.1, 0.15) is 6.33 Å². The van der Waals surface area contributed by atoms with Gasteiger partial charge in [-0.1, -0.05) is 37.3 Å². The number of nitrogens with zero attached hydrogens (tertiary/aromatic N) is 4. The van der Waals surface area contributed by atoms with E-state index < -0.39 is 0 Å². The van der Waals surface area contributed by atoms with Gasteiger partial charge in [-0.2, -0.15) is 4.98 Å². The summed E-state index contributed by atoms with van der Waals surface area (Å²) in [4.78, 5) is 15.4. The van der Waals surface area contributed by atoms with Crippen molar-refractivity contribution in [1.82, 2.24) is 15.0 Å². The van der Waals surface area contributed by atoms with Crippen LogP contribution in [0.2, 0.25) is 0 Å². The third kappa shape index (κ3) is 3.95. The standard InChI is InChI=1S/C21H26N4O2/c1-2-18-24-19-20(22-14-23-21(19)27-18)25-12-10-16(11-13-25)17(26)9-8-15-6-4-3-5-7-15/h3-7,14,16-17,26H,2,8-13H2,1H3/t17-/m0/s1. The minimum Gasteiger partial charge on any atom is -0.422 e. The molecule has 1 N–H and O–H groups in total. The van der Waals surface area contributed by atoms with E-state index in [4.69, 9.17) is 4.42 Å². The van der Waals surface area contributed by atoms with Crippen molar-refractivity contribution in [1.29, 1.82) is 0 Å². The normalized spacial score (nSPS) is 16.7. The molecule has 1 fully saturated rings. The molecule has 0 radical (unpaired) electrons. The summed E-state index contributed by atoms with van der Waals surface area (Å²) in [6.07, 6.45) is 5.69. The Balaban J connectivity index is 1.37. The molecule has 0 bridgehead atoms. The van der Waals surface area contributed by atoms with Crippen LogP contribution in [0.4, 0.5) is 5.82 Å². The van der Waals surface area contributed by atoms with Gasteiger partial charge >= 0.3 is 0 Å². The first-order valence-corrected chi connectivity index (χ1v) is 9.82. The fourth-order valence-electron chi connectivity index (χ4n) is 3.86. The topological polar surface area (TPSA) is 75.3 Å². The Hall–Kier alpha value is -2.47. The predicted molar refractivity (Wildman–Crippen MR) is 105 cm³/mol. The van der Waals surface area contributed by atoms with Crippen molar-refractivity contribution < 1.29 is 9.52 Å². The van der Waals surface area contributed by atoms with Crippen molar-refractivity contribution in [2.45, 2.75) is 45.1 Å². The second-order valence-corrected chi connectivity index (χ2v) is 7.23. The summed E-state index contributed by atoms with van der Waals surface area (Å²) >= 11 is 0. The van der Waals surface area contributed by atoms with Gasteiger partial charge in [-0.3, -0.25) is 0 Å². The van der Waals surface area contributed by atoms with E-state index in [1.54, 1.807) is 6.33 Å². The number of benzene rings is 1. The number of hydrogen-bond acceptors (Lipinski definition) is 6. The molecule has 6 heteroatoms. The lowest BCUT2D eigenvalue weighted by molar-refractivity contribution is 0.0850. The van der Waals surface area contributed by atoms with Crippen molar-refractivity contribution in [2.24, 2.45) is 5.92 Å². The Bertz CT molecular complexity index is 872. The van der Waals surface area contributed by atoms with Crippen LogP contribution in [0, 0.1) is 5.92 Å². The number of aryl methyl sites for hydroxylation is 2. The molecule has 0 unspecified atom stereocenters. The molecule has 0 aliphatic carbocycles. The molecule has 1 atom stereocenters. The molecule has 142 valence electrons. The van der Waals surface area contributed by atoms with Crippen molar-refractivity contribution in [2.75, 3.05) is 18.0 Å². The van der Waals surface area contributed by atoms with Gasteiger partial charge in [0, 0.05) is 19.5 Å². The van der Waals surface area contributed by atoms with Crippen LogP contribution >= 0.6 is 0 Å². The highest BCUT2D eigenvalue weighted by atomic mass is 16.4. The zero-order chi connectivity index (χ0) is 18.6. The minimum atomic E-state index is -0.253. The van der Waals surface area contributed by atoms with Crippen molar-refractivity contribution in [3.63, 3.8) is 0 Å². The van der Waals surface area contributed by atoms with E-state index in [2.05, 4.69) is 44.1 Å². The van der Waals surface area contributed by atoms with Gasteiger partial charge in [0.2, 0.25) is 0 Å². The molecule has 4 rings (SSSR count). The first-order valence-electron chi connectivity index (χ1n) is 9.82. The Morgan fingerprint density at radius 2 is 1.96 bits per heavy atom. The van der Waals surface area contributed by atoms with Crippen molar-refractivity contribution in [3.05, 3.63) is 48.1 Å². The van der Waals surface area contributed by atoms with Crippen LogP contribution in [-0.4, -0.2) is 39.3 Å². The van der Waals surface area contributed by atoms with Crippen molar-refractivity contribution >= 4 is 17.0 Å². The highest BCUT2D eigenvalue weighted by Gasteiger charge is 2.27. The second-order valence-electron chi connectivity index (χ2n) is 7.23. The van der Waals surface area contributed by atoms with E-state index in [1.165, 1.54) is 5.56 Å². The molecule has 27 heavy (non-hydrogen) atoms. The Labute approximate surface area is 159 Å². The third-order valence-electron chi connectivity index (χ3n) is 5.48. The molecule has 2 aromatic heterocycles. The van der Waals surface area contributed by atoms with Gasteiger partial charge < -0.3 is 14.4 Å². The maximum absolute atomic E-state index is 10.6. The molecular formula is C21H26N4O2. The Kier molecular flexibility index (Phi) is 5.34. The highest BCUT2D eigenvalue weighted by Crippen LogP contribution is 2.29. The molecule has 0 saturated carbocycles. The van der Waals surface area contributed by atoms with E-state index in [9.17, 15) is 5.11 Å². The van der Waals surface area contributed by atoms with Gasteiger partial charge in [-0.15, -0.1) is 0 Å². The molecule has 6 nitrogen and oxygen atoms in total. The molecule has 1 aliphatic rings. The Morgan fingerprint density at radius 1 is 1.19 bits per heavy atom. The molecule has 1 aromatic carbocycles. The lowest BCUT2D eigenvalue weighted by Crippen LogP contribution is -2.38. The zero-order valence-corrected chi connectivity index (χ0v) is 15.7. The maximum Gasteiger partial charge on any atom is 0.252 e. The number of fused-ring (bicyclic) bond motifs is 1. The lowest BCUT2D eigenvalue weighted by atomic mass is 9.88. The van der Waals surface area contributed by atoms with E-state index in [1.807, 2.05) is 13.0 Å². The molecule has 1 saturated heterocycles. The van der Waals surface area contributed by atoms with E-state index >= 15 is 0 Å². The van der Waals surface area contributed by atoms with Crippen LogP contribution in [-0.2, 0) is 12.8 Å². The molecule has 3 heterocycles. The summed E-state index contributed by atoms with van der Waals surface area (Å²) in [5, 5.41) is 10.6. The number of aliphatic hydroxyl groups is 1. The lowest BCUT2D eigenvalue weighted by Gasteiger charge is -2.34. The highest BCUT2D eigenvalue weighted by molar-refractivity contribution is 5.81. The fourth-order valence-corrected chi connectivity index (χ4v) is 3.86. The summed E-state index contributed by atoms with van der Waals surface area (Å²) in [6, 6.07) is 10.4. The summed E-state index contributed by atoms with van der Waals surface area (Å²) in [5.41, 5.74) is 2.59. The Morgan fingerprint density at radius 3 is 2.70 bits per heavy atom. The summed E-state index contributed by atoms with van der Waals surface area (Å²) < 4.78 is 5.65. The van der Waals surface area contributed by atoms with Crippen LogP contribution in [0.25, 0.3) is 11.2 Å². The van der Waals surface area contributed by atoms with E-state index in [0.29, 0.717) is 17.5 Å². The fraction of sp³-hybridized carbons (Fsp3) is 0.476. The van der Waals surface area contributed by atoms with Crippen LogP contribution < -0.4 is 4.90 Å². The largest absolute Gasteiger partial charge is 0.422 e. The number of oxazole rings is 1. The number of anilines is 1. The van der Waals surface area contributed by atoms with Crippen LogP contribution in [0.3, 0.4) is 0 Å². The quantitative estimate of drug-likeness (QED) is 0.721. The van der Waals surface area contributed by atoms with Gasteiger partial charge in [-0.25, -0.2) is 9.97 Å². The summed E-state index contributed by atoms with van der Waals surface area (Å²) in [5.74, 6) is 1.88. The number of hydrogen-bond donors (Lipinski definition) is 1. The van der Waals surface area contributed by atoms with E-state index in [-0.39, 0.29) is 6.10 Å². The summed E-state index contributed by atoms with van der Waals surface area (Å²) in [7, 11) is 0. The van der Waals surface area contributed by atoms with E-state index in [0.717, 1.165) is 56.5 Å². The third-order valence-corrected chi connectivity index (χ3v) is 5.48. The van der Waals surface area contributed by atoms with Gasteiger partial charge in [0.05, 0.1) is 6.10 Å². The molecule has 3 aromatic rings. The summed E-state index contributed by atoms with van der Waals surface area (Å²) in [6.45, 7) is 3.75. The molecular weight excluding hydrogens is 340 g/mol. The minimum absolute atomic E-state index is 0.253. The van der Waals surface area contributed by atoms with Crippen LogP contribution in [0.1, 0.15) is 37.6 Å². The molecule has 0 amide bonds. The van der Waals surface area contributed by atoms with Crippen LogP contribution in [0.5, 0.6) is 0 Å². The first kappa shape index (κ1) is 17.9. The molecule has 0 spiro atoms. The zero-order valence-electron chi connectivity index (χ0n) is 15.7. The first-order chi connectivity index (χ1) is 13.2. The van der Waals surface area contributed by atoms with Crippen molar-refractivity contribution in [3.8, 4) is 0 Å². The number of rotatable bonds is 6. The second kappa shape index (κ2) is 8.05. The maximum atomic E-state index is 10.6. The van der Waals surface area contributed by atoms with Gasteiger partial charge in [0.25, 0.3) is 5.71 Å². The predicted octanol–water partition coefficient (Wildman–Crippen LogP) is 3.39. The van der Waals surface area contributed by atoms with Crippen LogP contribution in [0.15, 0.2) is 41.1 Å². The number of aliphatic hydroxyl groups excluding tert-OH is 1. The average Bonchev–Trinajstić information content (AvgIpc) is 3.16. The molecule has 1 aliphatic heterocycles. The van der Waals surface area contributed by atoms with Gasteiger partial charge in [0.15, 0.2) is 17.2 Å². The smallest absolute Gasteiger partial charge is 0.252 e.